The molecule has 2 atom stereocenters. The van der Waals surface area contributed by atoms with Gasteiger partial charge in [0.2, 0.25) is 5.91 Å². The van der Waals surface area contributed by atoms with E-state index in [1.807, 2.05) is 54.6 Å². The molecule has 0 bridgehead atoms. The van der Waals surface area contributed by atoms with Gasteiger partial charge in [-0.2, -0.15) is 0 Å². The molecule has 3 aromatic rings. The number of amides is 1. The van der Waals surface area contributed by atoms with Crippen LogP contribution in [0.4, 0.5) is 0 Å². The van der Waals surface area contributed by atoms with Gasteiger partial charge in [-0.25, -0.2) is 4.79 Å². The smallest absolute Gasteiger partial charge is 0.344 e. The van der Waals surface area contributed by atoms with E-state index in [1.165, 1.54) is 0 Å². The number of carboxylic acid groups (broad SMARTS) is 2. The minimum Gasteiger partial charge on any atom is -0.481 e. The summed E-state index contributed by atoms with van der Waals surface area (Å²) in [5, 5.41) is 21.2. The lowest BCUT2D eigenvalue weighted by atomic mass is 9.91. The van der Waals surface area contributed by atoms with Crippen molar-refractivity contribution in [3.05, 3.63) is 90.5 Å². The first-order valence-corrected chi connectivity index (χ1v) is 11.0. The molecular weight excluding hydrogens is 434 g/mol. The molecule has 0 aromatic heterocycles. The van der Waals surface area contributed by atoms with Crippen molar-refractivity contribution in [3.63, 3.8) is 0 Å². The molecule has 0 heterocycles. The Bertz CT molecular complexity index is 1080. The summed E-state index contributed by atoms with van der Waals surface area (Å²) in [5.41, 5.74) is 2.96. The SMILES string of the molecule is O=C(O)CCNC(=O)[C@H](Cc1ccc(-c2ccccc2)cc1)C[C@H](Oc1ccccc1)C(=O)O. The minimum absolute atomic E-state index is 0.0328. The van der Waals surface area contributed by atoms with Crippen LogP contribution in [0, 0.1) is 5.92 Å². The van der Waals surface area contributed by atoms with E-state index in [1.54, 1.807) is 30.3 Å². The second kappa shape index (κ2) is 12.2. The zero-order valence-corrected chi connectivity index (χ0v) is 18.6. The predicted molar refractivity (Wildman–Crippen MR) is 127 cm³/mol. The zero-order valence-electron chi connectivity index (χ0n) is 18.6. The molecule has 0 aliphatic rings. The minimum atomic E-state index is -1.23. The Morgan fingerprint density at radius 1 is 0.794 bits per heavy atom. The van der Waals surface area contributed by atoms with E-state index in [-0.39, 0.29) is 25.8 Å². The number of para-hydroxylation sites is 1. The van der Waals surface area contributed by atoms with Gasteiger partial charge in [-0.3, -0.25) is 9.59 Å². The van der Waals surface area contributed by atoms with Gasteiger partial charge in [0.05, 0.1) is 6.42 Å². The first-order chi connectivity index (χ1) is 16.4. The van der Waals surface area contributed by atoms with Crippen molar-refractivity contribution in [2.75, 3.05) is 6.54 Å². The lowest BCUT2D eigenvalue weighted by molar-refractivity contribution is -0.146. The average molecular weight is 462 g/mol. The van der Waals surface area contributed by atoms with Crippen molar-refractivity contribution in [2.45, 2.75) is 25.4 Å². The third-order valence-corrected chi connectivity index (χ3v) is 5.35. The molecule has 0 aliphatic heterocycles. The summed E-state index contributed by atoms with van der Waals surface area (Å²) in [5.74, 6) is -2.93. The molecule has 0 spiro atoms. The lowest BCUT2D eigenvalue weighted by Crippen LogP contribution is -2.38. The van der Waals surface area contributed by atoms with Crippen LogP contribution < -0.4 is 10.1 Å². The number of carboxylic acids is 2. The summed E-state index contributed by atoms with van der Waals surface area (Å²) in [6, 6.07) is 26.2. The fourth-order valence-corrected chi connectivity index (χ4v) is 3.59. The topological polar surface area (TPSA) is 113 Å². The number of ether oxygens (including phenoxy) is 1. The molecule has 7 heteroatoms. The van der Waals surface area contributed by atoms with Gasteiger partial charge < -0.3 is 20.3 Å². The van der Waals surface area contributed by atoms with Crippen LogP contribution in [0.15, 0.2) is 84.9 Å². The Kier molecular flexibility index (Phi) is 8.80. The summed E-state index contributed by atoms with van der Waals surface area (Å²) >= 11 is 0. The third-order valence-electron chi connectivity index (χ3n) is 5.35. The van der Waals surface area contributed by atoms with Crippen LogP contribution in [0.5, 0.6) is 5.75 Å². The molecule has 0 saturated heterocycles. The van der Waals surface area contributed by atoms with Crippen LogP contribution in [-0.2, 0) is 20.8 Å². The van der Waals surface area contributed by atoms with Crippen LogP contribution in [0.3, 0.4) is 0 Å². The van der Waals surface area contributed by atoms with Gasteiger partial charge >= 0.3 is 11.9 Å². The molecule has 3 aromatic carbocycles. The molecule has 3 rings (SSSR count). The molecule has 0 radical (unpaired) electrons. The summed E-state index contributed by atoms with van der Waals surface area (Å²) < 4.78 is 5.64. The maximum absolute atomic E-state index is 12.9. The average Bonchev–Trinajstić information content (AvgIpc) is 2.84. The first kappa shape index (κ1) is 24.5. The molecule has 0 saturated carbocycles. The summed E-state index contributed by atoms with van der Waals surface area (Å²) in [6.45, 7) is -0.0328. The number of carbonyl (C=O) groups is 3. The number of hydrogen-bond donors (Lipinski definition) is 3. The fraction of sp³-hybridized carbons (Fsp3) is 0.222. The van der Waals surface area contributed by atoms with E-state index in [0.29, 0.717) is 5.75 Å². The van der Waals surface area contributed by atoms with Crippen molar-refractivity contribution in [1.82, 2.24) is 5.32 Å². The van der Waals surface area contributed by atoms with Gasteiger partial charge in [0.15, 0.2) is 6.10 Å². The third kappa shape index (κ3) is 7.48. The monoisotopic (exact) mass is 461 g/mol. The van der Waals surface area contributed by atoms with Crippen molar-refractivity contribution < 1.29 is 29.3 Å². The van der Waals surface area contributed by atoms with Gasteiger partial charge in [-0.05, 0) is 35.2 Å². The van der Waals surface area contributed by atoms with Gasteiger partial charge in [0, 0.05) is 18.9 Å². The number of aliphatic carboxylic acids is 2. The van der Waals surface area contributed by atoms with Gasteiger partial charge in [0.1, 0.15) is 5.75 Å². The molecule has 1 amide bonds. The summed E-state index contributed by atoms with van der Waals surface area (Å²) in [4.78, 5) is 35.6. The summed E-state index contributed by atoms with van der Waals surface area (Å²) in [6.07, 6.45) is -1.23. The second-order valence-corrected chi connectivity index (χ2v) is 7.89. The zero-order chi connectivity index (χ0) is 24.3. The van der Waals surface area contributed by atoms with E-state index in [4.69, 9.17) is 9.84 Å². The van der Waals surface area contributed by atoms with Gasteiger partial charge in [-0.1, -0.05) is 72.8 Å². The van der Waals surface area contributed by atoms with Crippen molar-refractivity contribution in [3.8, 4) is 16.9 Å². The number of carbonyl (C=O) groups excluding carboxylic acids is 1. The molecule has 0 fully saturated rings. The number of benzene rings is 3. The fourth-order valence-electron chi connectivity index (χ4n) is 3.59. The summed E-state index contributed by atoms with van der Waals surface area (Å²) in [7, 11) is 0. The number of nitrogens with one attached hydrogen (secondary N) is 1. The highest BCUT2D eigenvalue weighted by Gasteiger charge is 2.29. The van der Waals surface area contributed by atoms with E-state index in [2.05, 4.69) is 5.32 Å². The van der Waals surface area contributed by atoms with Crippen molar-refractivity contribution >= 4 is 17.8 Å². The van der Waals surface area contributed by atoms with Gasteiger partial charge in [-0.15, -0.1) is 0 Å². The van der Waals surface area contributed by atoms with E-state index < -0.39 is 29.9 Å². The molecular formula is C27H27NO6. The molecule has 3 N–H and O–H groups in total. The lowest BCUT2D eigenvalue weighted by Gasteiger charge is -2.22. The molecule has 0 aliphatic carbocycles. The maximum atomic E-state index is 12.9. The van der Waals surface area contributed by atoms with Crippen LogP contribution >= 0.6 is 0 Å². The van der Waals surface area contributed by atoms with E-state index in [0.717, 1.165) is 16.7 Å². The normalized spacial score (nSPS) is 12.4. The Morgan fingerprint density at radius 3 is 1.97 bits per heavy atom. The molecule has 0 unspecified atom stereocenters. The van der Waals surface area contributed by atoms with Crippen LogP contribution in [0.25, 0.3) is 11.1 Å². The predicted octanol–water partition coefficient (Wildman–Crippen LogP) is 4.03. The van der Waals surface area contributed by atoms with Crippen LogP contribution in [-0.4, -0.2) is 40.7 Å². The second-order valence-electron chi connectivity index (χ2n) is 7.89. The van der Waals surface area contributed by atoms with Crippen LogP contribution in [0.2, 0.25) is 0 Å². The highest BCUT2D eigenvalue weighted by molar-refractivity contribution is 5.81. The Morgan fingerprint density at radius 2 is 1.38 bits per heavy atom. The van der Waals surface area contributed by atoms with Gasteiger partial charge in [0.25, 0.3) is 0 Å². The van der Waals surface area contributed by atoms with E-state index >= 15 is 0 Å². The van der Waals surface area contributed by atoms with Crippen molar-refractivity contribution in [2.24, 2.45) is 5.92 Å². The largest absolute Gasteiger partial charge is 0.481 e. The van der Waals surface area contributed by atoms with Crippen LogP contribution in [0.1, 0.15) is 18.4 Å². The highest BCUT2D eigenvalue weighted by atomic mass is 16.5. The van der Waals surface area contributed by atoms with E-state index in [9.17, 15) is 19.5 Å². The maximum Gasteiger partial charge on any atom is 0.344 e. The number of rotatable bonds is 12. The molecule has 7 nitrogen and oxygen atoms in total. The Hall–Kier alpha value is -4.13. The first-order valence-electron chi connectivity index (χ1n) is 11.0. The highest BCUT2D eigenvalue weighted by Crippen LogP contribution is 2.23. The standard InChI is InChI=1S/C27H27NO6/c29-25(30)15-16-28-26(31)22(18-24(27(32)33)34-23-9-5-2-6-10-23)17-19-11-13-21(14-12-19)20-7-3-1-4-8-20/h1-14,22,24H,15-18H2,(H,28,31)(H,29,30)(H,32,33)/t22-,24+/m1/s1. The molecule has 176 valence electrons. The molecule has 34 heavy (non-hydrogen) atoms. The quantitative estimate of drug-likeness (QED) is 0.375. The Labute approximate surface area is 198 Å². The van der Waals surface area contributed by atoms with Crippen molar-refractivity contribution in [1.29, 1.82) is 0 Å². The number of hydrogen-bond acceptors (Lipinski definition) is 4. The Balaban J connectivity index is 1.76.